The van der Waals surface area contributed by atoms with Crippen molar-refractivity contribution in [1.82, 2.24) is 14.9 Å². The second-order valence-electron chi connectivity index (χ2n) is 7.18. The van der Waals surface area contributed by atoms with Crippen molar-refractivity contribution in [3.05, 3.63) is 65.9 Å². The molecule has 0 amide bonds. The van der Waals surface area contributed by atoms with Crippen LogP contribution in [0.1, 0.15) is 17.0 Å². The lowest BCUT2D eigenvalue weighted by Gasteiger charge is -2.25. The number of fused-ring (bicyclic) bond motifs is 1. The molecule has 1 fully saturated rings. The Morgan fingerprint density at radius 1 is 1.00 bits per heavy atom. The van der Waals surface area contributed by atoms with Gasteiger partial charge in [0.2, 0.25) is 5.95 Å². The van der Waals surface area contributed by atoms with Crippen LogP contribution in [0.25, 0.3) is 10.9 Å². The zero-order valence-electron chi connectivity index (χ0n) is 15.1. The van der Waals surface area contributed by atoms with Gasteiger partial charge in [-0.1, -0.05) is 48.0 Å². The Kier molecular flexibility index (Phi) is 4.14. The molecule has 2 atom stereocenters. The van der Waals surface area contributed by atoms with Crippen LogP contribution < -0.4 is 4.90 Å². The van der Waals surface area contributed by atoms with E-state index in [1.165, 1.54) is 11.1 Å². The first-order valence-corrected chi connectivity index (χ1v) is 8.81. The lowest BCUT2D eigenvalue weighted by molar-refractivity contribution is 0.292. The van der Waals surface area contributed by atoms with Gasteiger partial charge >= 0.3 is 0 Å². The maximum atomic E-state index is 4.79. The molecule has 0 radical (unpaired) electrons. The van der Waals surface area contributed by atoms with E-state index in [0.717, 1.165) is 29.9 Å². The maximum absolute atomic E-state index is 4.79. The highest BCUT2D eigenvalue weighted by molar-refractivity contribution is 5.78. The highest BCUT2D eigenvalue weighted by Crippen LogP contribution is 2.32. The molecule has 4 heteroatoms. The standard InChI is InChI=1S/C21H24N4/c1-15-8-10-16(11-9-15)18-13-25(14-20(18)24(2)3)21-22-12-17-6-4-5-7-19(17)23-21/h4-12,18,20H,13-14H2,1-3H3. The summed E-state index contributed by atoms with van der Waals surface area (Å²) in [6.07, 6.45) is 1.93. The summed E-state index contributed by atoms with van der Waals surface area (Å²) in [7, 11) is 4.33. The molecule has 1 aliphatic heterocycles. The van der Waals surface area contributed by atoms with Crippen LogP contribution in [0.15, 0.2) is 54.7 Å². The molecular formula is C21H24N4. The molecule has 2 unspecified atom stereocenters. The molecule has 128 valence electrons. The van der Waals surface area contributed by atoms with Crippen LogP contribution in [0, 0.1) is 6.92 Å². The molecule has 4 nitrogen and oxygen atoms in total. The van der Waals surface area contributed by atoms with Crippen LogP contribution in [0.4, 0.5) is 5.95 Å². The van der Waals surface area contributed by atoms with E-state index in [2.05, 4.69) is 72.2 Å². The largest absolute Gasteiger partial charge is 0.339 e. The molecule has 3 aromatic rings. The predicted octanol–water partition coefficient (Wildman–Crippen LogP) is 3.47. The second kappa shape index (κ2) is 6.45. The summed E-state index contributed by atoms with van der Waals surface area (Å²) in [5.41, 5.74) is 3.71. The third-order valence-corrected chi connectivity index (χ3v) is 5.22. The number of hydrogen-bond acceptors (Lipinski definition) is 4. The smallest absolute Gasteiger partial charge is 0.225 e. The maximum Gasteiger partial charge on any atom is 0.225 e. The Labute approximate surface area is 149 Å². The summed E-state index contributed by atoms with van der Waals surface area (Å²) in [4.78, 5) is 14.1. The average molecular weight is 332 g/mol. The molecule has 4 rings (SSSR count). The molecule has 2 heterocycles. The molecule has 1 saturated heterocycles. The third kappa shape index (κ3) is 3.10. The number of rotatable bonds is 3. The fourth-order valence-corrected chi connectivity index (χ4v) is 3.73. The van der Waals surface area contributed by atoms with Crippen LogP contribution in [-0.2, 0) is 0 Å². The Balaban J connectivity index is 1.65. The van der Waals surface area contributed by atoms with E-state index in [9.17, 15) is 0 Å². The van der Waals surface area contributed by atoms with Gasteiger partial charge < -0.3 is 9.80 Å². The number of benzene rings is 2. The van der Waals surface area contributed by atoms with E-state index in [1.807, 2.05) is 18.3 Å². The Morgan fingerprint density at radius 2 is 1.76 bits per heavy atom. The van der Waals surface area contributed by atoms with Crippen LogP contribution in [0.5, 0.6) is 0 Å². The van der Waals surface area contributed by atoms with Gasteiger partial charge in [0, 0.05) is 36.6 Å². The fraction of sp³-hybridized carbons (Fsp3) is 0.333. The van der Waals surface area contributed by atoms with Crippen molar-refractivity contribution >= 4 is 16.9 Å². The van der Waals surface area contributed by atoms with Gasteiger partial charge in [-0.2, -0.15) is 0 Å². The van der Waals surface area contributed by atoms with Crippen LogP contribution in [0.2, 0.25) is 0 Å². The first-order valence-electron chi connectivity index (χ1n) is 8.81. The minimum absolute atomic E-state index is 0.456. The minimum atomic E-state index is 0.456. The molecule has 0 N–H and O–H groups in total. The first kappa shape index (κ1) is 16.0. The second-order valence-corrected chi connectivity index (χ2v) is 7.18. The number of aryl methyl sites for hydroxylation is 1. The number of likely N-dealkylation sites (N-methyl/N-ethyl adjacent to an activating group) is 1. The van der Waals surface area contributed by atoms with Gasteiger partial charge in [-0.25, -0.2) is 9.97 Å². The van der Waals surface area contributed by atoms with Gasteiger partial charge in [-0.15, -0.1) is 0 Å². The molecule has 0 bridgehead atoms. The molecule has 1 aliphatic rings. The SMILES string of the molecule is Cc1ccc(C2CN(c3ncc4ccccc4n3)CC2N(C)C)cc1. The van der Waals surface area contributed by atoms with Crippen molar-refractivity contribution in [2.24, 2.45) is 0 Å². The lowest BCUT2D eigenvalue weighted by atomic mass is 9.93. The average Bonchev–Trinajstić information content (AvgIpc) is 3.07. The summed E-state index contributed by atoms with van der Waals surface area (Å²) in [5.74, 6) is 1.30. The number of aromatic nitrogens is 2. The van der Waals surface area contributed by atoms with E-state index in [0.29, 0.717) is 12.0 Å². The van der Waals surface area contributed by atoms with Crippen LogP contribution >= 0.6 is 0 Å². The van der Waals surface area contributed by atoms with Crippen molar-refractivity contribution in [2.75, 3.05) is 32.1 Å². The monoisotopic (exact) mass is 332 g/mol. The lowest BCUT2D eigenvalue weighted by Crippen LogP contribution is -2.34. The Bertz CT molecular complexity index is 872. The van der Waals surface area contributed by atoms with E-state index in [-0.39, 0.29) is 0 Å². The van der Waals surface area contributed by atoms with Crippen molar-refractivity contribution in [3.8, 4) is 0 Å². The highest BCUT2D eigenvalue weighted by Gasteiger charge is 2.36. The Hall–Kier alpha value is -2.46. The van der Waals surface area contributed by atoms with Gasteiger partial charge in [-0.05, 0) is 32.6 Å². The number of hydrogen-bond donors (Lipinski definition) is 0. The van der Waals surface area contributed by atoms with Gasteiger partial charge in [0.25, 0.3) is 0 Å². The first-order chi connectivity index (χ1) is 12.1. The normalized spacial score (nSPS) is 20.6. The number of para-hydroxylation sites is 1. The van der Waals surface area contributed by atoms with Crippen molar-refractivity contribution < 1.29 is 0 Å². The highest BCUT2D eigenvalue weighted by atomic mass is 15.3. The fourth-order valence-electron chi connectivity index (χ4n) is 3.73. The van der Waals surface area contributed by atoms with Crippen molar-refractivity contribution in [1.29, 1.82) is 0 Å². The van der Waals surface area contributed by atoms with Gasteiger partial charge in [0.15, 0.2) is 0 Å². The van der Waals surface area contributed by atoms with Gasteiger partial charge in [-0.3, -0.25) is 0 Å². The summed E-state index contributed by atoms with van der Waals surface area (Å²) < 4.78 is 0. The molecule has 0 spiro atoms. The molecular weight excluding hydrogens is 308 g/mol. The molecule has 2 aromatic carbocycles. The zero-order valence-corrected chi connectivity index (χ0v) is 15.1. The molecule has 25 heavy (non-hydrogen) atoms. The predicted molar refractivity (Wildman–Crippen MR) is 103 cm³/mol. The summed E-state index contributed by atoms with van der Waals surface area (Å²) >= 11 is 0. The molecule has 1 aromatic heterocycles. The minimum Gasteiger partial charge on any atom is -0.339 e. The van der Waals surface area contributed by atoms with Crippen LogP contribution in [0.3, 0.4) is 0 Å². The van der Waals surface area contributed by atoms with E-state index in [1.54, 1.807) is 0 Å². The topological polar surface area (TPSA) is 32.3 Å². The van der Waals surface area contributed by atoms with E-state index >= 15 is 0 Å². The molecule has 0 saturated carbocycles. The Morgan fingerprint density at radius 3 is 2.52 bits per heavy atom. The summed E-state index contributed by atoms with van der Waals surface area (Å²) in [6.45, 7) is 4.03. The van der Waals surface area contributed by atoms with E-state index in [4.69, 9.17) is 4.98 Å². The molecule has 0 aliphatic carbocycles. The van der Waals surface area contributed by atoms with E-state index < -0.39 is 0 Å². The van der Waals surface area contributed by atoms with Crippen molar-refractivity contribution in [2.45, 2.75) is 18.9 Å². The quantitative estimate of drug-likeness (QED) is 0.735. The van der Waals surface area contributed by atoms with Gasteiger partial charge in [0.1, 0.15) is 0 Å². The number of anilines is 1. The summed E-state index contributed by atoms with van der Waals surface area (Å²) in [5, 5.41) is 1.09. The van der Waals surface area contributed by atoms with Crippen molar-refractivity contribution in [3.63, 3.8) is 0 Å². The van der Waals surface area contributed by atoms with Crippen LogP contribution in [-0.4, -0.2) is 48.1 Å². The number of nitrogens with zero attached hydrogens (tertiary/aromatic N) is 4. The zero-order chi connectivity index (χ0) is 17.4. The summed E-state index contributed by atoms with van der Waals surface area (Å²) in [6, 6.07) is 17.6. The van der Waals surface area contributed by atoms with Gasteiger partial charge in [0.05, 0.1) is 5.52 Å². The third-order valence-electron chi connectivity index (χ3n) is 5.22.